The Kier molecular flexibility index (Phi) is 5.35. The van der Waals surface area contributed by atoms with Crippen LogP contribution in [0, 0.1) is 23.0 Å². The Labute approximate surface area is 152 Å². The second kappa shape index (κ2) is 7.68. The van der Waals surface area contributed by atoms with E-state index in [-0.39, 0.29) is 11.6 Å². The number of nitrogens with zero attached hydrogens (tertiary/aromatic N) is 4. The first-order valence-electron chi connectivity index (χ1n) is 9.04. The van der Waals surface area contributed by atoms with E-state index >= 15 is 0 Å². The van der Waals surface area contributed by atoms with Gasteiger partial charge < -0.3 is 9.47 Å². The van der Waals surface area contributed by atoms with Crippen LogP contribution in [0.3, 0.4) is 0 Å². The number of amides is 1. The van der Waals surface area contributed by atoms with Gasteiger partial charge in [-0.3, -0.25) is 14.9 Å². The number of carbonyl (C=O) groups is 1. The topological polar surface area (TPSA) is 81.3 Å². The van der Waals surface area contributed by atoms with Crippen molar-refractivity contribution in [2.75, 3.05) is 13.1 Å². The number of nitro groups is 1. The third-order valence-corrected chi connectivity index (χ3v) is 5.21. The molecule has 3 rings (SSSR count). The highest BCUT2D eigenvalue weighted by Crippen LogP contribution is 2.25. The number of nitro benzene ring substituents is 1. The van der Waals surface area contributed by atoms with Crippen LogP contribution in [-0.4, -0.2) is 38.4 Å². The molecule has 1 amide bonds. The lowest BCUT2D eigenvalue weighted by atomic mass is 9.95. The zero-order chi connectivity index (χ0) is 18.7. The standard InChI is InChI=1S/C19H24N4O3/c1-3-18-20-9-12-22(18)13-15-7-10-21(11-8-15)19(24)16-5-4-6-17(14(16)2)23(25)26/h4-6,9,12,15H,3,7-8,10-11,13H2,1-2H3. The summed E-state index contributed by atoms with van der Waals surface area (Å²) in [5, 5.41) is 11.1. The van der Waals surface area contributed by atoms with E-state index in [1.54, 1.807) is 19.1 Å². The van der Waals surface area contributed by atoms with Crippen LogP contribution < -0.4 is 0 Å². The molecular formula is C19H24N4O3. The third-order valence-electron chi connectivity index (χ3n) is 5.21. The minimum atomic E-state index is -0.436. The number of benzene rings is 1. The maximum atomic E-state index is 12.8. The fourth-order valence-corrected chi connectivity index (χ4v) is 3.64. The van der Waals surface area contributed by atoms with Crippen molar-refractivity contribution in [3.63, 3.8) is 0 Å². The molecule has 0 saturated carbocycles. The van der Waals surface area contributed by atoms with Gasteiger partial charge in [0.25, 0.3) is 11.6 Å². The van der Waals surface area contributed by atoms with Crippen LogP contribution in [0.25, 0.3) is 0 Å². The van der Waals surface area contributed by atoms with Crippen molar-refractivity contribution in [1.29, 1.82) is 0 Å². The summed E-state index contributed by atoms with van der Waals surface area (Å²) in [5.41, 5.74) is 0.870. The summed E-state index contributed by atoms with van der Waals surface area (Å²) in [5.74, 6) is 1.50. The van der Waals surface area contributed by atoms with Gasteiger partial charge in [-0.05, 0) is 31.7 Å². The van der Waals surface area contributed by atoms with E-state index in [2.05, 4.69) is 16.5 Å². The molecular weight excluding hydrogens is 332 g/mol. The molecule has 1 aromatic carbocycles. The molecule has 0 bridgehead atoms. The molecule has 138 valence electrons. The molecule has 1 fully saturated rings. The molecule has 0 radical (unpaired) electrons. The van der Waals surface area contributed by atoms with Crippen LogP contribution >= 0.6 is 0 Å². The number of hydrogen-bond acceptors (Lipinski definition) is 4. The van der Waals surface area contributed by atoms with E-state index in [1.165, 1.54) is 6.07 Å². The van der Waals surface area contributed by atoms with Gasteiger partial charge in [0.1, 0.15) is 5.82 Å². The van der Waals surface area contributed by atoms with Crippen LogP contribution in [-0.2, 0) is 13.0 Å². The minimum absolute atomic E-state index is 0.00191. The van der Waals surface area contributed by atoms with Gasteiger partial charge in [0, 0.05) is 55.6 Å². The van der Waals surface area contributed by atoms with E-state index in [0.29, 0.717) is 30.1 Å². The maximum absolute atomic E-state index is 12.8. The van der Waals surface area contributed by atoms with Gasteiger partial charge in [-0.15, -0.1) is 0 Å². The summed E-state index contributed by atoms with van der Waals surface area (Å²) in [7, 11) is 0. The number of rotatable bonds is 5. The molecule has 0 atom stereocenters. The molecule has 26 heavy (non-hydrogen) atoms. The number of aryl methyl sites for hydroxylation is 1. The summed E-state index contributed by atoms with van der Waals surface area (Å²) in [6, 6.07) is 4.70. The summed E-state index contributed by atoms with van der Waals surface area (Å²) >= 11 is 0. The Morgan fingerprint density at radius 2 is 2.08 bits per heavy atom. The zero-order valence-corrected chi connectivity index (χ0v) is 15.2. The zero-order valence-electron chi connectivity index (χ0n) is 15.2. The lowest BCUT2D eigenvalue weighted by Gasteiger charge is -2.32. The Balaban J connectivity index is 1.64. The molecule has 0 N–H and O–H groups in total. The molecule has 1 aliphatic rings. The highest BCUT2D eigenvalue weighted by Gasteiger charge is 2.26. The third kappa shape index (κ3) is 3.61. The monoisotopic (exact) mass is 356 g/mol. The second-order valence-electron chi connectivity index (χ2n) is 6.79. The molecule has 7 heteroatoms. The van der Waals surface area contributed by atoms with Crippen LogP contribution in [0.2, 0.25) is 0 Å². The van der Waals surface area contributed by atoms with Crippen molar-refractivity contribution in [2.24, 2.45) is 5.92 Å². The SMILES string of the molecule is CCc1nccn1CC1CCN(C(=O)c2cccc([N+](=O)[O-])c2C)CC1. The van der Waals surface area contributed by atoms with Gasteiger partial charge in [-0.25, -0.2) is 4.98 Å². The number of carbonyl (C=O) groups excluding carboxylic acids is 1. The van der Waals surface area contributed by atoms with Crippen molar-refractivity contribution in [3.8, 4) is 0 Å². The molecule has 7 nitrogen and oxygen atoms in total. The van der Waals surface area contributed by atoms with Crippen LogP contribution in [0.15, 0.2) is 30.6 Å². The molecule has 1 aromatic heterocycles. The van der Waals surface area contributed by atoms with Crippen LogP contribution in [0.1, 0.15) is 41.5 Å². The van der Waals surface area contributed by atoms with Gasteiger partial charge in [0.05, 0.1) is 4.92 Å². The van der Waals surface area contributed by atoms with E-state index in [1.807, 2.05) is 17.3 Å². The van der Waals surface area contributed by atoms with Crippen molar-refractivity contribution in [1.82, 2.24) is 14.5 Å². The number of aromatic nitrogens is 2. The molecule has 0 aliphatic carbocycles. The molecule has 1 aliphatic heterocycles. The Bertz CT molecular complexity index is 807. The predicted octanol–water partition coefficient (Wildman–Crippen LogP) is 3.21. The lowest BCUT2D eigenvalue weighted by Crippen LogP contribution is -2.39. The summed E-state index contributed by atoms with van der Waals surface area (Å²) in [4.78, 5) is 29.6. The van der Waals surface area contributed by atoms with E-state index in [4.69, 9.17) is 0 Å². The van der Waals surface area contributed by atoms with E-state index < -0.39 is 4.92 Å². The summed E-state index contributed by atoms with van der Waals surface area (Å²) in [6.07, 6.45) is 6.63. The molecule has 0 spiro atoms. The number of imidazole rings is 1. The van der Waals surface area contributed by atoms with Crippen molar-refractivity contribution in [3.05, 3.63) is 57.7 Å². The first-order chi connectivity index (χ1) is 12.5. The predicted molar refractivity (Wildman–Crippen MR) is 98.1 cm³/mol. The number of likely N-dealkylation sites (tertiary alicyclic amines) is 1. The first-order valence-corrected chi connectivity index (χ1v) is 9.04. The lowest BCUT2D eigenvalue weighted by molar-refractivity contribution is -0.385. The quantitative estimate of drug-likeness (QED) is 0.608. The Morgan fingerprint density at radius 3 is 2.73 bits per heavy atom. The van der Waals surface area contributed by atoms with Gasteiger partial charge in [-0.2, -0.15) is 0 Å². The van der Waals surface area contributed by atoms with Gasteiger partial charge in [0.2, 0.25) is 0 Å². The fraction of sp³-hybridized carbons (Fsp3) is 0.474. The average Bonchev–Trinajstić information content (AvgIpc) is 3.09. The smallest absolute Gasteiger partial charge is 0.273 e. The summed E-state index contributed by atoms with van der Waals surface area (Å²) in [6.45, 7) is 6.04. The molecule has 2 heterocycles. The summed E-state index contributed by atoms with van der Waals surface area (Å²) < 4.78 is 2.20. The molecule has 0 unspecified atom stereocenters. The van der Waals surface area contributed by atoms with Gasteiger partial charge in [-0.1, -0.05) is 13.0 Å². The van der Waals surface area contributed by atoms with Gasteiger partial charge in [0.15, 0.2) is 0 Å². The Hall–Kier alpha value is -2.70. The molecule has 2 aromatic rings. The van der Waals surface area contributed by atoms with Crippen LogP contribution in [0.5, 0.6) is 0 Å². The van der Waals surface area contributed by atoms with E-state index in [9.17, 15) is 14.9 Å². The van der Waals surface area contributed by atoms with Crippen molar-refractivity contribution >= 4 is 11.6 Å². The highest BCUT2D eigenvalue weighted by atomic mass is 16.6. The van der Waals surface area contributed by atoms with Crippen molar-refractivity contribution < 1.29 is 9.72 Å². The number of hydrogen-bond donors (Lipinski definition) is 0. The average molecular weight is 356 g/mol. The normalized spacial score (nSPS) is 15.2. The van der Waals surface area contributed by atoms with Crippen LogP contribution in [0.4, 0.5) is 5.69 Å². The largest absolute Gasteiger partial charge is 0.339 e. The second-order valence-corrected chi connectivity index (χ2v) is 6.79. The molecule has 1 saturated heterocycles. The van der Waals surface area contributed by atoms with Gasteiger partial charge >= 0.3 is 0 Å². The van der Waals surface area contributed by atoms with E-state index in [0.717, 1.165) is 31.6 Å². The first kappa shape index (κ1) is 18.1. The maximum Gasteiger partial charge on any atom is 0.273 e. The van der Waals surface area contributed by atoms with Crippen molar-refractivity contribution in [2.45, 2.75) is 39.7 Å². The fourth-order valence-electron chi connectivity index (χ4n) is 3.64. The highest BCUT2D eigenvalue weighted by molar-refractivity contribution is 5.96. The Morgan fingerprint density at radius 1 is 1.35 bits per heavy atom. The number of piperidine rings is 1. The minimum Gasteiger partial charge on any atom is -0.339 e.